The summed E-state index contributed by atoms with van der Waals surface area (Å²) in [4.78, 5) is 19.0. The first-order valence-electron chi connectivity index (χ1n) is 8.00. The van der Waals surface area contributed by atoms with Crippen LogP contribution in [0.4, 0.5) is 14.7 Å². The molecule has 0 fully saturated rings. The van der Waals surface area contributed by atoms with Gasteiger partial charge in [-0.25, -0.2) is 18.7 Å². The molecule has 0 saturated heterocycles. The first kappa shape index (κ1) is 18.4. The summed E-state index contributed by atoms with van der Waals surface area (Å²) in [7, 11) is 0. The summed E-state index contributed by atoms with van der Waals surface area (Å²) in [5, 5.41) is 8.88. The fourth-order valence-electron chi connectivity index (χ4n) is 2.62. The van der Waals surface area contributed by atoms with Crippen molar-refractivity contribution in [2.45, 2.75) is 12.5 Å². The van der Waals surface area contributed by atoms with Crippen LogP contribution < -0.4 is 11.5 Å². The topological polar surface area (TPSA) is 115 Å². The molecule has 1 heterocycles. The Balaban J connectivity index is 1.93. The van der Waals surface area contributed by atoms with Crippen LogP contribution in [0.3, 0.4) is 0 Å². The number of hydrogen-bond acceptors (Lipinski definition) is 5. The Morgan fingerprint density at radius 1 is 0.963 bits per heavy atom. The quantitative estimate of drug-likeness (QED) is 0.636. The van der Waals surface area contributed by atoms with Crippen LogP contribution in [0, 0.1) is 11.6 Å². The molecule has 0 amide bonds. The largest absolute Gasteiger partial charge is 0.480 e. The fourth-order valence-corrected chi connectivity index (χ4v) is 2.62. The molecule has 3 rings (SSSR count). The van der Waals surface area contributed by atoms with Crippen LogP contribution in [0.2, 0.25) is 0 Å². The first-order chi connectivity index (χ1) is 12.8. The van der Waals surface area contributed by atoms with E-state index in [1.807, 2.05) is 0 Å². The van der Waals surface area contributed by atoms with E-state index in [1.54, 1.807) is 30.3 Å². The van der Waals surface area contributed by atoms with Gasteiger partial charge in [0.1, 0.15) is 17.7 Å². The summed E-state index contributed by atoms with van der Waals surface area (Å²) in [6, 6.07) is 10.6. The van der Waals surface area contributed by atoms with E-state index in [9.17, 15) is 13.6 Å². The minimum atomic E-state index is -1.07. The standard InChI is InChI=1S/C19H16F2N4O2/c20-13-6-12(7-14(21)8-13)17-9-16(24-19(23)25-17)11-3-1-10(2-4-11)5-15(22)18(26)27/h1-4,6-9,15H,5,22H2,(H,26,27)(H2,23,24,25). The normalized spacial score (nSPS) is 12.0. The highest BCUT2D eigenvalue weighted by atomic mass is 19.1. The van der Waals surface area contributed by atoms with Gasteiger partial charge < -0.3 is 16.6 Å². The van der Waals surface area contributed by atoms with Gasteiger partial charge in [-0.1, -0.05) is 24.3 Å². The van der Waals surface area contributed by atoms with Gasteiger partial charge in [0.25, 0.3) is 0 Å². The van der Waals surface area contributed by atoms with Gasteiger partial charge >= 0.3 is 5.97 Å². The number of aliphatic carboxylic acids is 1. The van der Waals surface area contributed by atoms with Gasteiger partial charge in [-0.3, -0.25) is 4.79 Å². The molecule has 27 heavy (non-hydrogen) atoms. The lowest BCUT2D eigenvalue weighted by Crippen LogP contribution is -2.32. The molecule has 0 saturated carbocycles. The van der Waals surface area contributed by atoms with Gasteiger partial charge in [0, 0.05) is 17.2 Å². The molecular weight excluding hydrogens is 354 g/mol. The van der Waals surface area contributed by atoms with Crippen LogP contribution in [0.1, 0.15) is 5.56 Å². The van der Waals surface area contributed by atoms with Crippen molar-refractivity contribution >= 4 is 11.9 Å². The second kappa shape index (κ2) is 7.46. The van der Waals surface area contributed by atoms with E-state index in [4.69, 9.17) is 16.6 Å². The maximum Gasteiger partial charge on any atom is 0.320 e. The molecular formula is C19H16F2N4O2. The molecule has 1 unspecified atom stereocenters. The van der Waals surface area contributed by atoms with Crippen molar-refractivity contribution < 1.29 is 18.7 Å². The smallest absolute Gasteiger partial charge is 0.320 e. The van der Waals surface area contributed by atoms with E-state index in [1.165, 1.54) is 0 Å². The number of aromatic nitrogens is 2. The SMILES string of the molecule is Nc1nc(-c2ccc(CC(N)C(=O)O)cc2)cc(-c2cc(F)cc(F)c2)n1. The summed E-state index contributed by atoms with van der Waals surface area (Å²) in [6.45, 7) is 0. The maximum atomic E-state index is 13.5. The Bertz CT molecular complexity index is 973. The Kier molecular flexibility index (Phi) is 5.09. The lowest BCUT2D eigenvalue weighted by atomic mass is 10.0. The number of hydrogen-bond donors (Lipinski definition) is 3. The van der Waals surface area contributed by atoms with Crippen molar-refractivity contribution in [2.75, 3.05) is 5.73 Å². The van der Waals surface area contributed by atoms with Gasteiger partial charge in [0.05, 0.1) is 11.4 Å². The van der Waals surface area contributed by atoms with Gasteiger partial charge in [-0.05, 0) is 30.2 Å². The number of carboxylic acids is 1. The third-order valence-corrected chi connectivity index (χ3v) is 3.92. The lowest BCUT2D eigenvalue weighted by molar-refractivity contribution is -0.138. The van der Waals surface area contributed by atoms with Crippen LogP contribution in [0.25, 0.3) is 22.5 Å². The van der Waals surface area contributed by atoms with Gasteiger partial charge in [0.15, 0.2) is 0 Å². The Labute approximate surface area is 153 Å². The fraction of sp³-hybridized carbons (Fsp3) is 0.105. The zero-order chi connectivity index (χ0) is 19.6. The highest BCUT2D eigenvalue weighted by Gasteiger charge is 2.13. The third kappa shape index (κ3) is 4.42. The number of carbonyl (C=O) groups is 1. The Morgan fingerprint density at radius 2 is 1.52 bits per heavy atom. The number of nitrogen functional groups attached to an aromatic ring is 1. The molecule has 138 valence electrons. The van der Waals surface area contributed by atoms with E-state index in [2.05, 4.69) is 9.97 Å². The average molecular weight is 370 g/mol. The number of anilines is 1. The average Bonchev–Trinajstić information content (AvgIpc) is 2.61. The second-order valence-electron chi connectivity index (χ2n) is 6.00. The monoisotopic (exact) mass is 370 g/mol. The third-order valence-electron chi connectivity index (χ3n) is 3.92. The van der Waals surface area contributed by atoms with Crippen LogP contribution in [-0.2, 0) is 11.2 Å². The van der Waals surface area contributed by atoms with Gasteiger partial charge in [-0.15, -0.1) is 0 Å². The first-order valence-corrected chi connectivity index (χ1v) is 8.00. The minimum Gasteiger partial charge on any atom is -0.480 e. The summed E-state index contributed by atoms with van der Waals surface area (Å²) in [5.74, 6) is -2.55. The van der Waals surface area contributed by atoms with Crippen molar-refractivity contribution in [1.82, 2.24) is 9.97 Å². The molecule has 0 aliphatic rings. The number of rotatable bonds is 5. The van der Waals surface area contributed by atoms with E-state index in [-0.39, 0.29) is 23.6 Å². The van der Waals surface area contributed by atoms with Crippen molar-refractivity contribution in [3.05, 3.63) is 65.7 Å². The molecule has 2 aromatic carbocycles. The lowest BCUT2D eigenvalue weighted by Gasteiger charge is -2.09. The molecule has 0 bridgehead atoms. The summed E-state index contributed by atoms with van der Waals surface area (Å²) >= 11 is 0. The van der Waals surface area contributed by atoms with Crippen LogP contribution in [0.15, 0.2) is 48.5 Å². The number of halogens is 2. The number of nitrogens with zero attached hydrogens (tertiary/aromatic N) is 2. The number of benzene rings is 2. The van der Waals surface area contributed by atoms with Crippen LogP contribution in [-0.4, -0.2) is 27.1 Å². The molecule has 6 nitrogen and oxygen atoms in total. The van der Waals surface area contributed by atoms with Crippen molar-refractivity contribution in [3.63, 3.8) is 0 Å². The van der Waals surface area contributed by atoms with E-state index in [0.29, 0.717) is 11.3 Å². The molecule has 1 atom stereocenters. The predicted molar refractivity (Wildman–Crippen MR) is 96.5 cm³/mol. The zero-order valence-electron chi connectivity index (χ0n) is 14.1. The molecule has 1 aromatic heterocycles. The molecule has 0 aliphatic carbocycles. The molecule has 0 aliphatic heterocycles. The number of carboxylic acid groups (broad SMARTS) is 1. The summed E-state index contributed by atoms with van der Waals surface area (Å²) in [6.07, 6.45) is 0.190. The van der Waals surface area contributed by atoms with E-state index >= 15 is 0 Å². The van der Waals surface area contributed by atoms with Gasteiger partial charge in [0.2, 0.25) is 5.95 Å². The highest BCUT2D eigenvalue weighted by molar-refractivity contribution is 5.74. The minimum absolute atomic E-state index is 0.0378. The maximum absolute atomic E-state index is 13.5. The molecule has 5 N–H and O–H groups in total. The van der Waals surface area contributed by atoms with Crippen LogP contribution >= 0.6 is 0 Å². The van der Waals surface area contributed by atoms with Crippen molar-refractivity contribution in [2.24, 2.45) is 5.73 Å². The van der Waals surface area contributed by atoms with E-state index < -0.39 is 23.6 Å². The second-order valence-corrected chi connectivity index (χ2v) is 6.00. The van der Waals surface area contributed by atoms with Crippen molar-refractivity contribution in [1.29, 1.82) is 0 Å². The Hall–Kier alpha value is -3.39. The predicted octanol–water partition coefficient (Wildman–Crippen LogP) is 2.63. The zero-order valence-corrected chi connectivity index (χ0v) is 14.1. The molecule has 3 aromatic rings. The van der Waals surface area contributed by atoms with Crippen molar-refractivity contribution in [3.8, 4) is 22.5 Å². The molecule has 0 radical (unpaired) electrons. The highest BCUT2D eigenvalue weighted by Crippen LogP contribution is 2.26. The van der Waals surface area contributed by atoms with E-state index in [0.717, 1.165) is 23.8 Å². The molecule has 8 heteroatoms. The summed E-state index contributed by atoms with van der Waals surface area (Å²) in [5.41, 5.74) is 13.7. The van der Waals surface area contributed by atoms with Gasteiger partial charge in [-0.2, -0.15) is 0 Å². The summed E-state index contributed by atoms with van der Waals surface area (Å²) < 4.78 is 27.0. The molecule has 0 spiro atoms. The number of nitrogens with two attached hydrogens (primary N) is 2. The Morgan fingerprint density at radius 3 is 2.07 bits per heavy atom. The van der Waals surface area contributed by atoms with Crippen LogP contribution in [0.5, 0.6) is 0 Å².